The summed E-state index contributed by atoms with van der Waals surface area (Å²) in [6, 6.07) is 13.5. The molecule has 9 nitrogen and oxygen atoms in total. The Morgan fingerprint density at radius 2 is 1.79 bits per heavy atom. The van der Waals surface area contributed by atoms with Crippen LogP contribution in [0.4, 0.5) is 5.82 Å². The van der Waals surface area contributed by atoms with Gasteiger partial charge in [0.15, 0.2) is 5.82 Å². The molecule has 1 saturated carbocycles. The van der Waals surface area contributed by atoms with Gasteiger partial charge in [-0.15, -0.1) is 0 Å². The molecule has 0 spiro atoms. The predicted molar refractivity (Wildman–Crippen MR) is 122 cm³/mol. The Labute approximate surface area is 191 Å². The fraction of sp³-hybridized carbons (Fsp3) is 0.292. The van der Waals surface area contributed by atoms with Crippen LogP contribution in [0.1, 0.15) is 40.5 Å². The minimum absolute atomic E-state index is 0.106. The Balaban J connectivity index is 1.52. The van der Waals surface area contributed by atoms with Gasteiger partial charge in [-0.1, -0.05) is 0 Å². The van der Waals surface area contributed by atoms with Gasteiger partial charge in [-0.3, -0.25) is 14.3 Å². The Morgan fingerprint density at radius 3 is 2.42 bits per heavy atom. The number of carbonyl (C=O) groups excluding carboxylic acids is 2. The maximum absolute atomic E-state index is 12.8. The Kier molecular flexibility index (Phi) is 6.60. The number of aryl methyl sites for hydroxylation is 1. The molecule has 1 fully saturated rings. The van der Waals surface area contributed by atoms with Crippen molar-refractivity contribution in [3.8, 4) is 17.2 Å². The number of rotatable bonds is 9. The highest BCUT2D eigenvalue weighted by atomic mass is 16.5. The zero-order valence-corrected chi connectivity index (χ0v) is 18.4. The van der Waals surface area contributed by atoms with E-state index < -0.39 is 6.10 Å². The molecule has 1 aromatic heterocycles. The van der Waals surface area contributed by atoms with Gasteiger partial charge >= 0.3 is 0 Å². The summed E-state index contributed by atoms with van der Waals surface area (Å²) in [6.45, 7) is 1.54. The molecule has 0 saturated heterocycles. The number of nitrogens with zero attached hydrogens (tertiary/aromatic N) is 2. The fourth-order valence-electron chi connectivity index (χ4n) is 3.08. The number of amides is 2. The molecule has 1 aliphatic carbocycles. The minimum Gasteiger partial charge on any atom is -0.488 e. The summed E-state index contributed by atoms with van der Waals surface area (Å²) in [7, 11) is 1.76. The first kappa shape index (κ1) is 22.3. The summed E-state index contributed by atoms with van der Waals surface area (Å²) in [5.74, 6) is 1.18. The number of aromatic nitrogens is 2. The van der Waals surface area contributed by atoms with Crippen LogP contribution in [0, 0.1) is 0 Å². The van der Waals surface area contributed by atoms with E-state index in [-0.39, 0.29) is 24.5 Å². The molecular formula is C24H26N4O5. The number of aliphatic hydroxyl groups excluding tert-OH is 1. The molecule has 2 amide bonds. The Bertz CT molecular complexity index is 1140. The van der Waals surface area contributed by atoms with Gasteiger partial charge in [0.2, 0.25) is 0 Å². The number of carbonyl (C=O) groups is 2. The Hall–Kier alpha value is -3.85. The molecular weight excluding hydrogens is 424 g/mol. The first-order valence-electron chi connectivity index (χ1n) is 10.7. The van der Waals surface area contributed by atoms with Crippen molar-refractivity contribution in [2.75, 3.05) is 11.9 Å². The van der Waals surface area contributed by atoms with Gasteiger partial charge in [-0.2, -0.15) is 5.10 Å². The molecule has 0 aliphatic heterocycles. The normalized spacial score (nSPS) is 13.8. The van der Waals surface area contributed by atoms with Crippen LogP contribution in [0.5, 0.6) is 17.2 Å². The number of aliphatic hydroxyl groups is 1. The summed E-state index contributed by atoms with van der Waals surface area (Å²) < 4.78 is 13.2. The number of anilines is 1. The lowest BCUT2D eigenvalue weighted by Gasteiger charge is -2.15. The zero-order chi connectivity index (χ0) is 23.4. The van der Waals surface area contributed by atoms with Crippen LogP contribution in [0.15, 0.2) is 54.7 Å². The molecule has 9 heteroatoms. The van der Waals surface area contributed by atoms with Crippen molar-refractivity contribution >= 4 is 17.6 Å². The predicted octanol–water partition coefficient (Wildman–Crippen LogP) is 3.12. The minimum atomic E-state index is -0.462. The highest BCUT2D eigenvalue weighted by Crippen LogP contribution is 2.29. The average Bonchev–Trinajstić information content (AvgIpc) is 3.52. The second kappa shape index (κ2) is 9.74. The van der Waals surface area contributed by atoms with Crippen LogP contribution >= 0.6 is 0 Å². The number of hydrogen-bond acceptors (Lipinski definition) is 6. The molecule has 1 aliphatic rings. The molecule has 33 heavy (non-hydrogen) atoms. The maximum Gasteiger partial charge on any atom is 0.257 e. The van der Waals surface area contributed by atoms with Crippen molar-refractivity contribution in [3.63, 3.8) is 0 Å². The largest absolute Gasteiger partial charge is 0.488 e. The van der Waals surface area contributed by atoms with E-state index in [1.807, 2.05) is 0 Å². The highest BCUT2D eigenvalue weighted by molar-refractivity contribution is 6.04. The molecule has 4 rings (SSSR count). The van der Waals surface area contributed by atoms with E-state index >= 15 is 0 Å². The van der Waals surface area contributed by atoms with Crippen LogP contribution in [-0.2, 0) is 7.05 Å². The third kappa shape index (κ3) is 6.11. The zero-order valence-electron chi connectivity index (χ0n) is 18.4. The summed E-state index contributed by atoms with van der Waals surface area (Å²) in [5, 5.41) is 19.2. The van der Waals surface area contributed by atoms with Crippen LogP contribution in [0.3, 0.4) is 0 Å². The van der Waals surface area contributed by atoms with Crippen molar-refractivity contribution in [3.05, 3.63) is 65.9 Å². The van der Waals surface area contributed by atoms with Gasteiger partial charge in [0.1, 0.15) is 23.4 Å². The van der Waals surface area contributed by atoms with Crippen molar-refractivity contribution in [2.24, 2.45) is 7.05 Å². The van der Waals surface area contributed by atoms with Crippen LogP contribution in [-0.4, -0.2) is 45.5 Å². The Morgan fingerprint density at radius 1 is 1.06 bits per heavy atom. The van der Waals surface area contributed by atoms with E-state index in [1.54, 1.807) is 73.4 Å². The van der Waals surface area contributed by atoms with Crippen LogP contribution in [0.25, 0.3) is 0 Å². The van der Waals surface area contributed by atoms with Gasteiger partial charge in [-0.05, 0) is 56.2 Å². The summed E-state index contributed by atoms with van der Waals surface area (Å²) in [4.78, 5) is 25.0. The molecule has 3 aromatic rings. The van der Waals surface area contributed by atoms with Gasteiger partial charge < -0.3 is 25.2 Å². The first-order chi connectivity index (χ1) is 15.9. The molecule has 0 bridgehead atoms. The van der Waals surface area contributed by atoms with Crippen molar-refractivity contribution < 1.29 is 24.2 Å². The van der Waals surface area contributed by atoms with Crippen molar-refractivity contribution in [2.45, 2.75) is 31.9 Å². The van der Waals surface area contributed by atoms with E-state index in [0.717, 1.165) is 12.8 Å². The van der Waals surface area contributed by atoms with E-state index in [2.05, 4.69) is 15.7 Å². The number of benzene rings is 2. The SMILES string of the molecule is C[C@@H](CO)Oc1cc(Oc2ccc(C(=O)NC3CC3)cc2)cc(C(=O)Nc2ccn(C)n2)c1. The number of nitrogens with one attached hydrogen (secondary N) is 2. The van der Waals surface area contributed by atoms with E-state index in [4.69, 9.17) is 9.47 Å². The van der Waals surface area contributed by atoms with E-state index in [9.17, 15) is 14.7 Å². The van der Waals surface area contributed by atoms with Gasteiger partial charge in [0, 0.05) is 42.5 Å². The lowest BCUT2D eigenvalue weighted by atomic mass is 10.1. The van der Waals surface area contributed by atoms with Gasteiger partial charge in [-0.25, -0.2) is 0 Å². The van der Waals surface area contributed by atoms with Crippen LogP contribution in [0.2, 0.25) is 0 Å². The molecule has 0 radical (unpaired) electrons. The van der Waals surface area contributed by atoms with Gasteiger partial charge in [0.25, 0.3) is 11.8 Å². The smallest absolute Gasteiger partial charge is 0.257 e. The molecule has 172 valence electrons. The lowest BCUT2D eigenvalue weighted by molar-refractivity contribution is 0.0950. The van der Waals surface area contributed by atoms with Crippen LogP contribution < -0.4 is 20.1 Å². The van der Waals surface area contributed by atoms with Gasteiger partial charge in [0.05, 0.1) is 6.61 Å². The number of ether oxygens (including phenoxy) is 2. The monoisotopic (exact) mass is 450 g/mol. The summed E-state index contributed by atoms with van der Waals surface area (Å²) in [5.41, 5.74) is 0.859. The topological polar surface area (TPSA) is 115 Å². The maximum atomic E-state index is 12.8. The quantitative estimate of drug-likeness (QED) is 0.462. The van der Waals surface area contributed by atoms with E-state index in [0.29, 0.717) is 34.2 Å². The first-order valence-corrected chi connectivity index (χ1v) is 10.7. The second-order valence-electron chi connectivity index (χ2n) is 8.01. The third-order valence-corrected chi connectivity index (χ3v) is 4.96. The molecule has 2 aromatic carbocycles. The summed E-state index contributed by atoms with van der Waals surface area (Å²) >= 11 is 0. The highest BCUT2D eigenvalue weighted by Gasteiger charge is 2.23. The van der Waals surface area contributed by atoms with Crippen molar-refractivity contribution in [1.82, 2.24) is 15.1 Å². The lowest BCUT2D eigenvalue weighted by Crippen LogP contribution is -2.25. The molecule has 3 N–H and O–H groups in total. The third-order valence-electron chi connectivity index (χ3n) is 4.96. The average molecular weight is 450 g/mol. The fourth-order valence-corrected chi connectivity index (χ4v) is 3.08. The molecule has 0 unspecified atom stereocenters. The molecule has 1 atom stereocenters. The van der Waals surface area contributed by atoms with Crippen molar-refractivity contribution in [1.29, 1.82) is 0 Å². The second-order valence-corrected chi connectivity index (χ2v) is 8.01. The summed E-state index contributed by atoms with van der Waals surface area (Å²) in [6.07, 6.45) is 3.31. The van der Waals surface area contributed by atoms with E-state index in [1.165, 1.54) is 0 Å². The standard InChI is InChI=1S/C24H26N4O5/c1-15(14-29)32-20-11-17(24(31)26-22-9-10-28(2)27-22)12-21(13-20)33-19-7-3-16(4-8-19)23(30)25-18-5-6-18/h3-4,7-13,15,18,29H,5-6,14H2,1-2H3,(H,25,30)(H,26,27,31)/t15-/m0/s1. The molecule has 1 heterocycles. The number of hydrogen-bond donors (Lipinski definition) is 3.